The number of urea groups is 1. The Morgan fingerprint density at radius 2 is 1.27 bits per heavy atom. The third-order valence-corrected chi connectivity index (χ3v) is 7.94. The zero-order valence-corrected chi connectivity index (χ0v) is 21.5. The summed E-state index contributed by atoms with van der Waals surface area (Å²) in [5, 5.41) is 5.54. The first-order valence-corrected chi connectivity index (χ1v) is 13.4. The molecule has 4 aliphatic heterocycles. The number of nitrogens with zero attached hydrogens (tertiary/aromatic N) is 6. The number of pyridine rings is 1. The van der Waals surface area contributed by atoms with Crippen LogP contribution in [0.2, 0.25) is 0 Å². The minimum absolute atomic E-state index is 0.183. The fourth-order valence-corrected chi connectivity index (χ4v) is 6.04. The molecule has 2 aromatic heterocycles. The molecule has 11 nitrogen and oxygen atoms in total. The molecule has 1 aromatic carbocycles. The van der Waals surface area contributed by atoms with Crippen molar-refractivity contribution in [1.29, 1.82) is 0 Å². The largest absolute Gasteiger partial charge is 0.377 e. The maximum atomic E-state index is 14.9. The van der Waals surface area contributed by atoms with Crippen LogP contribution in [0.25, 0.3) is 11.4 Å². The number of carbonyl (C=O) groups excluding carboxylic acids is 1. The Kier molecular flexibility index (Phi) is 6.39. The lowest BCUT2D eigenvalue weighted by Crippen LogP contribution is -2.50. The smallest absolute Gasteiger partial charge is 0.323 e. The molecule has 0 radical (unpaired) electrons. The number of hydrogen-bond donors (Lipinski definition) is 2. The fraction of sp³-hybridized carbons (Fsp3) is 0.444. The molecule has 4 saturated heterocycles. The quantitative estimate of drug-likeness (QED) is 0.494. The van der Waals surface area contributed by atoms with Gasteiger partial charge in [0.2, 0.25) is 11.9 Å². The van der Waals surface area contributed by atoms with Crippen LogP contribution in [-0.4, -0.2) is 88.9 Å². The van der Waals surface area contributed by atoms with E-state index in [0.717, 1.165) is 0 Å². The second-order valence-electron chi connectivity index (χ2n) is 10.5. The zero-order valence-electron chi connectivity index (χ0n) is 21.5. The molecule has 7 rings (SSSR count). The van der Waals surface area contributed by atoms with Gasteiger partial charge in [0.25, 0.3) is 0 Å². The number of alkyl halides is 2. The number of hydrogen-bond acceptors (Lipinski definition) is 9. The van der Waals surface area contributed by atoms with Crippen LogP contribution in [0.1, 0.15) is 12.8 Å². The first kappa shape index (κ1) is 25.0. The first-order valence-electron chi connectivity index (χ1n) is 13.4. The molecule has 0 spiro atoms. The van der Waals surface area contributed by atoms with Gasteiger partial charge in [0.1, 0.15) is 12.3 Å². The number of rotatable bonds is 5. The number of halogens is 2. The molecule has 208 valence electrons. The topological polar surface area (TPSA) is 118 Å². The van der Waals surface area contributed by atoms with Crippen LogP contribution in [0.4, 0.5) is 36.8 Å². The highest BCUT2D eigenvalue weighted by molar-refractivity contribution is 5.99. The summed E-state index contributed by atoms with van der Waals surface area (Å²) in [6, 6.07) is 8.74. The van der Waals surface area contributed by atoms with Crippen LogP contribution in [0.3, 0.4) is 0 Å². The van der Waals surface area contributed by atoms with Gasteiger partial charge in [-0.1, -0.05) is 0 Å². The Hall–Kier alpha value is -3.97. The van der Waals surface area contributed by atoms with E-state index in [9.17, 15) is 13.6 Å². The van der Waals surface area contributed by atoms with Crippen LogP contribution in [-0.2, 0) is 9.47 Å². The first-order chi connectivity index (χ1) is 19.5. The molecule has 4 bridgehead atoms. The average Bonchev–Trinajstić information content (AvgIpc) is 3.28. The van der Waals surface area contributed by atoms with E-state index in [4.69, 9.17) is 24.4 Å². The second kappa shape index (κ2) is 10.2. The van der Waals surface area contributed by atoms with Gasteiger partial charge in [-0.15, -0.1) is 0 Å². The number of benzene rings is 1. The van der Waals surface area contributed by atoms with Crippen molar-refractivity contribution in [1.82, 2.24) is 19.9 Å². The lowest BCUT2D eigenvalue weighted by atomic mass is 10.2. The number of anilines is 4. The molecule has 40 heavy (non-hydrogen) atoms. The molecule has 4 aliphatic rings. The number of ether oxygens (including phenoxy) is 2. The number of aromatic nitrogens is 4. The van der Waals surface area contributed by atoms with Crippen LogP contribution >= 0.6 is 0 Å². The second-order valence-corrected chi connectivity index (χ2v) is 10.5. The lowest BCUT2D eigenvalue weighted by molar-refractivity contribution is 0.0810. The van der Waals surface area contributed by atoms with Crippen molar-refractivity contribution in [2.75, 3.05) is 46.9 Å². The summed E-state index contributed by atoms with van der Waals surface area (Å²) in [5.41, 5.74) is 1.87. The van der Waals surface area contributed by atoms with Crippen molar-refractivity contribution in [2.45, 2.75) is 49.4 Å². The highest BCUT2D eigenvalue weighted by Crippen LogP contribution is 2.38. The van der Waals surface area contributed by atoms with Gasteiger partial charge in [0, 0.05) is 42.2 Å². The van der Waals surface area contributed by atoms with E-state index in [-0.39, 0.29) is 25.3 Å². The maximum Gasteiger partial charge on any atom is 0.323 e. The summed E-state index contributed by atoms with van der Waals surface area (Å²) in [7, 11) is 0. The van der Waals surface area contributed by atoms with Crippen LogP contribution in [0.15, 0.2) is 48.8 Å². The molecule has 4 fully saturated rings. The third kappa shape index (κ3) is 4.58. The summed E-state index contributed by atoms with van der Waals surface area (Å²) in [4.78, 5) is 34.4. The highest BCUT2D eigenvalue weighted by atomic mass is 19.1. The Labute approximate surface area is 228 Å². The summed E-state index contributed by atoms with van der Waals surface area (Å²) in [6.45, 7) is 1.30. The predicted molar refractivity (Wildman–Crippen MR) is 143 cm³/mol. The van der Waals surface area contributed by atoms with Crippen molar-refractivity contribution < 1.29 is 23.0 Å². The van der Waals surface area contributed by atoms with Crippen LogP contribution in [0, 0.1) is 0 Å². The van der Waals surface area contributed by atoms with Crippen molar-refractivity contribution in [2.24, 2.45) is 0 Å². The van der Waals surface area contributed by atoms with Gasteiger partial charge in [0.05, 0.1) is 50.6 Å². The zero-order chi connectivity index (χ0) is 27.2. The molecule has 3 aromatic rings. The van der Waals surface area contributed by atoms with Gasteiger partial charge < -0.3 is 29.9 Å². The number of fused-ring (bicyclic) bond motifs is 4. The molecule has 2 amide bonds. The standard InChI is InChI=1S/C27H28F2N8O3/c28-20-9-18-11-39-13-22(20)36(18)25-33-24(34-26(35-25)37-19-10-21(29)23(37)14-40-12-19)15-1-3-16(4-2-15)31-27(38)32-17-5-7-30-8-6-17/h1-8,18-23H,9-14H2,(H2,30,31,32,38). The predicted octanol–water partition coefficient (Wildman–Crippen LogP) is 3.21. The van der Waals surface area contributed by atoms with E-state index >= 15 is 0 Å². The van der Waals surface area contributed by atoms with Crippen molar-refractivity contribution >= 4 is 29.3 Å². The Morgan fingerprint density at radius 3 is 1.80 bits per heavy atom. The molecule has 2 N–H and O–H groups in total. The summed E-state index contributed by atoms with van der Waals surface area (Å²) < 4.78 is 40.9. The summed E-state index contributed by atoms with van der Waals surface area (Å²) in [5.74, 6) is 1.10. The monoisotopic (exact) mass is 550 g/mol. The summed E-state index contributed by atoms with van der Waals surface area (Å²) >= 11 is 0. The number of morpholine rings is 2. The van der Waals surface area contributed by atoms with E-state index in [2.05, 4.69) is 15.6 Å². The average molecular weight is 551 g/mol. The minimum Gasteiger partial charge on any atom is -0.377 e. The lowest BCUT2D eigenvalue weighted by Gasteiger charge is -2.37. The van der Waals surface area contributed by atoms with Crippen LogP contribution in [0.5, 0.6) is 0 Å². The highest BCUT2D eigenvalue weighted by Gasteiger charge is 2.49. The molecular formula is C27H28F2N8O3. The van der Waals surface area contributed by atoms with Crippen molar-refractivity contribution in [3.8, 4) is 11.4 Å². The van der Waals surface area contributed by atoms with Gasteiger partial charge in [-0.05, 0) is 36.4 Å². The minimum atomic E-state index is -1.05. The molecule has 6 atom stereocenters. The van der Waals surface area contributed by atoms with Crippen molar-refractivity contribution in [3.63, 3.8) is 0 Å². The Balaban J connectivity index is 1.19. The van der Waals surface area contributed by atoms with Gasteiger partial charge >= 0.3 is 6.03 Å². The van der Waals surface area contributed by atoms with E-state index in [1.807, 2.05) is 9.80 Å². The summed E-state index contributed by atoms with van der Waals surface area (Å²) in [6.07, 6.45) is 1.78. The normalized spacial score (nSPS) is 28.9. The molecular weight excluding hydrogens is 522 g/mol. The van der Waals surface area contributed by atoms with Crippen LogP contribution < -0.4 is 20.4 Å². The molecule has 0 saturated carbocycles. The van der Waals surface area contributed by atoms with Crippen molar-refractivity contribution in [3.05, 3.63) is 48.8 Å². The molecule has 0 aliphatic carbocycles. The number of amides is 2. The third-order valence-electron chi connectivity index (χ3n) is 7.94. The molecule has 13 heteroatoms. The fourth-order valence-electron chi connectivity index (χ4n) is 6.04. The number of nitrogens with one attached hydrogen (secondary N) is 2. The van der Waals surface area contributed by atoms with Gasteiger partial charge in [-0.2, -0.15) is 15.0 Å². The van der Waals surface area contributed by atoms with E-state index in [1.165, 1.54) is 0 Å². The molecule has 6 heterocycles. The maximum absolute atomic E-state index is 14.9. The molecule has 6 unspecified atom stereocenters. The SMILES string of the molecule is O=C(Nc1ccncc1)Nc1ccc(-c2nc(N3C4COCC3C(F)C4)nc(N3C4COCC3C(F)C4)n2)cc1. The van der Waals surface area contributed by atoms with E-state index in [1.54, 1.807) is 48.8 Å². The Bertz CT molecular complexity index is 1330. The van der Waals surface area contributed by atoms with E-state index in [0.29, 0.717) is 60.7 Å². The van der Waals surface area contributed by atoms with E-state index < -0.39 is 30.5 Å². The van der Waals surface area contributed by atoms with Gasteiger partial charge in [-0.3, -0.25) is 4.98 Å². The Morgan fingerprint density at radius 1 is 0.750 bits per heavy atom. The van der Waals surface area contributed by atoms with Gasteiger partial charge in [0.15, 0.2) is 5.82 Å². The van der Waals surface area contributed by atoms with Gasteiger partial charge in [-0.25, -0.2) is 13.6 Å². The number of carbonyl (C=O) groups is 1.